The molecule has 362 valence electrons. The summed E-state index contributed by atoms with van der Waals surface area (Å²) in [6.07, 6.45) is -6.91. The van der Waals surface area contributed by atoms with Gasteiger partial charge in [0.05, 0.1) is 37.7 Å². The van der Waals surface area contributed by atoms with Gasteiger partial charge in [0.2, 0.25) is 10.0 Å². The minimum absolute atomic E-state index is 0.00575. The molecule has 0 unspecified atom stereocenters. The summed E-state index contributed by atoms with van der Waals surface area (Å²) in [5, 5.41) is 9.30. The molecule has 3 atom stereocenters. The molecule has 9 rings (SSSR count). The number of sulfonamides is 1. The second kappa shape index (κ2) is 16.6. The van der Waals surface area contributed by atoms with Crippen LogP contribution in [0.25, 0.3) is 22.0 Å². The lowest BCUT2D eigenvalue weighted by molar-refractivity contribution is -0.101. The minimum Gasteiger partial charge on any atom is -0.311 e. The van der Waals surface area contributed by atoms with E-state index < -0.39 is 125 Å². The second-order valence-corrected chi connectivity index (χ2v) is 23.6. The molecule has 0 radical (unpaired) electrons. The van der Waals surface area contributed by atoms with Crippen LogP contribution in [0.4, 0.5) is 45.7 Å². The molecule has 3 aromatic heterocycles. The van der Waals surface area contributed by atoms with Crippen molar-refractivity contribution < 1.29 is 61.6 Å². The summed E-state index contributed by atoms with van der Waals surface area (Å²) in [5.74, 6) is -3.09. The maximum Gasteiger partial charge on any atom is 0.433 e. The van der Waals surface area contributed by atoms with Crippen LogP contribution in [0.15, 0.2) is 42.5 Å². The number of rotatable bonds is 14. The number of amides is 1. The Morgan fingerprint density at radius 3 is 2.24 bits per heavy atom. The van der Waals surface area contributed by atoms with E-state index in [9.17, 15) is 48.0 Å². The van der Waals surface area contributed by atoms with Crippen molar-refractivity contribution in [3.63, 3.8) is 0 Å². The third-order valence-corrected chi connectivity index (χ3v) is 18.4. The van der Waals surface area contributed by atoms with Crippen molar-refractivity contribution in [2.24, 2.45) is 5.92 Å². The van der Waals surface area contributed by atoms with Gasteiger partial charge in [-0.25, -0.2) is 53.0 Å². The molecule has 0 bridgehead atoms. The number of hydrogen-bond donors (Lipinski definition) is 2. The van der Waals surface area contributed by atoms with Crippen LogP contribution >= 0.6 is 11.6 Å². The molecule has 0 aliphatic heterocycles. The van der Waals surface area contributed by atoms with E-state index in [1.807, 2.05) is 0 Å². The molecule has 0 saturated heterocycles. The Balaban J connectivity index is 1.22. The van der Waals surface area contributed by atoms with Gasteiger partial charge in [-0.2, -0.15) is 13.9 Å². The number of halogens is 9. The lowest BCUT2D eigenvalue weighted by Crippen LogP contribution is -2.39. The summed E-state index contributed by atoms with van der Waals surface area (Å²) < 4.78 is 172. The van der Waals surface area contributed by atoms with Crippen molar-refractivity contribution in [1.29, 1.82) is 0 Å². The van der Waals surface area contributed by atoms with Crippen molar-refractivity contribution in [2.45, 2.75) is 118 Å². The average Bonchev–Trinajstić information content (AvgIpc) is 4.14. The summed E-state index contributed by atoms with van der Waals surface area (Å²) in [7, 11) is -7.93. The van der Waals surface area contributed by atoms with Crippen LogP contribution in [-0.4, -0.2) is 68.8 Å². The summed E-state index contributed by atoms with van der Waals surface area (Å²) in [6, 6.07) is 6.03. The molecule has 3 fully saturated rings. The van der Waals surface area contributed by atoms with Gasteiger partial charge in [-0.3, -0.25) is 14.2 Å². The third-order valence-electron chi connectivity index (χ3n) is 13.1. The Bertz CT molecular complexity index is 3180. The van der Waals surface area contributed by atoms with E-state index in [1.165, 1.54) is 45.0 Å². The molecular formula is C44H40ClF8N7O6S2. The molecule has 1 amide bonds. The number of anilines is 1. The first-order chi connectivity index (χ1) is 31.8. The van der Waals surface area contributed by atoms with Crippen LogP contribution in [0.2, 0.25) is 5.02 Å². The highest BCUT2D eigenvalue weighted by Gasteiger charge is 2.63. The number of carbonyl (C=O) groups is 1. The number of hydrogen-bond acceptors (Lipinski definition) is 9. The Hall–Kier alpha value is -5.47. The van der Waals surface area contributed by atoms with E-state index >= 15 is 8.78 Å². The van der Waals surface area contributed by atoms with Crippen LogP contribution in [0.5, 0.6) is 0 Å². The Morgan fingerprint density at radius 1 is 0.956 bits per heavy atom. The summed E-state index contributed by atoms with van der Waals surface area (Å²) in [6.45, 7) is 3.18. The highest BCUT2D eigenvalue weighted by molar-refractivity contribution is 7.94. The lowest BCUT2D eigenvalue weighted by atomic mass is 9.73. The van der Waals surface area contributed by atoms with Gasteiger partial charge in [-0.1, -0.05) is 28.4 Å². The van der Waals surface area contributed by atoms with Crippen LogP contribution in [-0.2, 0) is 38.7 Å². The van der Waals surface area contributed by atoms with E-state index in [1.54, 1.807) is 0 Å². The van der Waals surface area contributed by atoms with Gasteiger partial charge >= 0.3 is 6.09 Å². The quantitative estimate of drug-likeness (QED) is 0.0815. The molecule has 0 spiro atoms. The Kier molecular flexibility index (Phi) is 11.6. The normalized spacial score (nSPS) is 19.8. The first-order valence-electron chi connectivity index (χ1n) is 21.3. The van der Waals surface area contributed by atoms with Crippen molar-refractivity contribution in [2.75, 3.05) is 4.72 Å². The van der Waals surface area contributed by atoms with Gasteiger partial charge in [0.15, 0.2) is 21.3 Å². The van der Waals surface area contributed by atoms with Gasteiger partial charge in [-0.05, 0) is 113 Å². The number of nitrogens with one attached hydrogen (secondary N) is 2. The van der Waals surface area contributed by atoms with E-state index in [0.717, 1.165) is 16.8 Å². The largest absolute Gasteiger partial charge is 0.433 e. The van der Waals surface area contributed by atoms with E-state index in [0.29, 0.717) is 31.7 Å². The molecule has 13 nitrogen and oxygen atoms in total. The number of sulfone groups is 1. The maximum absolute atomic E-state index is 15.7. The van der Waals surface area contributed by atoms with Crippen molar-refractivity contribution in [1.82, 2.24) is 30.0 Å². The minimum atomic E-state index is -4.16. The number of nitrogens with zero attached hydrogens (tertiary/aromatic N) is 5. The molecule has 4 aliphatic carbocycles. The highest BCUT2D eigenvalue weighted by Crippen LogP contribution is 2.63. The van der Waals surface area contributed by atoms with Crippen LogP contribution in [0, 0.1) is 29.4 Å². The molecule has 4 aliphatic rings. The molecule has 2 aromatic carbocycles. The van der Waals surface area contributed by atoms with Crippen LogP contribution < -0.4 is 14.9 Å². The number of benzene rings is 2. The Morgan fingerprint density at radius 2 is 1.63 bits per heavy atom. The van der Waals surface area contributed by atoms with E-state index in [2.05, 4.69) is 37.1 Å². The fraction of sp³-hybridized carbons (Fsp3) is 0.455. The average molecular weight is 1010 g/mol. The van der Waals surface area contributed by atoms with E-state index in [-0.39, 0.29) is 61.7 Å². The van der Waals surface area contributed by atoms with Crippen molar-refractivity contribution >= 4 is 54.3 Å². The topological polar surface area (TPSA) is 167 Å². The van der Waals surface area contributed by atoms with Crippen LogP contribution in [0.3, 0.4) is 0 Å². The zero-order valence-electron chi connectivity index (χ0n) is 36.1. The monoisotopic (exact) mass is 1010 g/mol. The smallest absolute Gasteiger partial charge is 0.311 e. The molecule has 3 saturated carbocycles. The standard InChI is InChI=1S/C44H40ClF8N7O6S2/c1-42(2,67(62,63)25-5-6-25)13-12-24-4-7-26(27-9-11-30(45)34-37(27)59(20-32(48)49)57-40(34)58-68(64,65)43(3)14-15-43)35(54-24)31(18-21-16-22(46)19-23(47)17-21)55-41(61)66-60-38-33(36(56-60)39(50)51)28-8-10-29(28)44(38,52)53/h4,7,9,11,16-17,19,25,28-29,31-32,39H,5-6,8,10,14-15,18,20H2,1-3H3,(H,55,61)(H,57,58)/t28-,29+,31-/m0/s1. The molecule has 24 heteroatoms. The zero-order valence-corrected chi connectivity index (χ0v) is 38.5. The molecular weight excluding hydrogens is 974 g/mol. The first kappa shape index (κ1) is 47.6. The highest BCUT2D eigenvalue weighted by atomic mass is 35.5. The third kappa shape index (κ3) is 8.32. The SMILES string of the molecule is CC1(S(=O)(=O)Nc2nn(CC(F)F)c3c(-c4ccc(C#CC(C)(C)S(=O)(=O)C5CC5)nc4[C@H](Cc4cc(F)cc(F)c4)NC(=O)On4nc(C(F)F)c5c4C(F)(F)[C@@H]4CC[C@H]54)ccc(Cl)c23)CC1. The van der Waals surface area contributed by atoms with Crippen molar-refractivity contribution in [3.8, 4) is 23.0 Å². The van der Waals surface area contributed by atoms with Crippen LogP contribution in [0.1, 0.15) is 112 Å². The van der Waals surface area contributed by atoms with E-state index in [4.69, 9.17) is 16.4 Å². The van der Waals surface area contributed by atoms with Gasteiger partial charge in [-0.15, -0.1) is 5.10 Å². The predicted octanol–water partition coefficient (Wildman–Crippen LogP) is 9.15. The van der Waals surface area contributed by atoms with Crippen molar-refractivity contribution in [3.05, 3.63) is 93.0 Å². The Labute approximate surface area is 388 Å². The first-order valence-corrected chi connectivity index (χ1v) is 24.7. The number of aromatic nitrogens is 5. The van der Waals surface area contributed by atoms with Gasteiger partial charge < -0.3 is 5.32 Å². The number of pyridine rings is 1. The zero-order chi connectivity index (χ0) is 49.0. The molecule has 2 N–H and O–H groups in total. The summed E-state index contributed by atoms with van der Waals surface area (Å²) >= 11 is 6.68. The maximum atomic E-state index is 15.7. The second-order valence-electron chi connectivity index (χ2n) is 18.2. The number of carbonyl (C=O) groups excluding carboxylic acids is 1. The van der Waals surface area contributed by atoms with Gasteiger partial charge in [0.25, 0.3) is 18.8 Å². The fourth-order valence-electron chi connectivity index (χ4n) is 8.85. The summed E-state index contributed by atoms with van der Waals surface area (Å²) in [4.78, 5) is 24.0. The molecule has 3 heterocycles. The predicted molar refractivity (Wildman–Crippen MR) is 232 cm³/mol. The lowest BCUT2D eigenvalue weighted by Gasteiger charge is -2.34. The number of alkyl halides is 6. The van der Waals surface area contributed by atoms with Gasteiger partial charge in [0.1, 0.15) is 34.3 Å². The summed E-state index contributed by atoms with van der Waals surface area (Å²) in [5.41, 5.74) is -3.29. The fourth-order valence-corrected chi connectivity index (χ4v) is 12.2. The molecule has 68 heavy (non-hydrogen) atoms. The number of fused-ring (bicyclic) bond motifs is 4. The molecule has 5 aromatic rings. The van der Waals surface area contributed by atoms with Gasteiger partial charge in [0, 0.05) is 28.7 Å².